The van der Waals surface area contributed by atoms with E-state index in [1.807, 2.05) is 19.9 Å². The zero-order valence-electron chi connectivity index (χ0n) is 24.9. The summed E-state index contributed by atoms with van der Waals surface area (Å²) in [6.45, 7) is 11.7. The molecule has 0 aliphatic carbocycles. The van der Waals surface area contributed by atoms with E-state index in [2.05, 4.69) is 65.7 Å². The minimum Gasteiger partial charge on any atom is -0.491 e. The van der Waals surface area contributed by atoms with Crippen molar-refractivity contribution in [3.05, 3.63) is 70.9 Å². The maximum Gasteiger partial charge on any atom is 0.307 e. The number of imidazole rings is 1. The number of fused-ring (bicyclic) bond motifs is 8. The number of pyridine rings is 1. The van der Waals surface area contributed by atoms with Gasteiger partial charge < -0.3 is 24.2 Å². The first-order chi connectivity index (χ1) is 20.2. The van der Waals surface area contributed by atoms with Crippen LogP contribution in [-0.4, -0.2) is 65.6 Å². The molecule has 2 aromatic heterocycles. The fourth-order valence-corrected chi connectivity index (χ4v) is 6.19. The molecule has 3 aliphatic rings. The van der Waals surface area contributed by atoms with E-state index >= 15 is 0 Å². The van der Waals surface area contributed by atoms with Crippen LogP contribution in [0.4, 0.5) is 5.82 Å². The Kier molecular flexibility index (Phi) is 7.68. The van der Waals surface area contributed by atoms with Crippen molar-refractivity contribution in [1.82, 2.24) is 9.38 Å². The zero-order chi connectivity index (χ0) is 29.4. The van der Waals surface area contributed by atoms with Gasteiger partial charge in [0.05, 0.1) is 37.5 Å². The molecule has 0 atom stereocenters. The number of carbonyl (C=O) groups is 1. The van der Waals surface area contributed by atoms with E-state index in [1.54, 1.807) is 0 Å². The highest BCUT2D eigenvalue weighted by atomic mass is 16.6. The fraction of sp³-hybridized carbons (Fsp3) is 0.412. The predicted molar refractivity (Wildman–Crippen MR) is 164 cm³/mol. The molecule has 0 unspecified atom stereocenters. The molecule has 0 saturated carbocycles. The summed E-state index contributed by atoms with van der Waals surface area (Å²) < 4.78 is 20.5. The van der Waals surface area contributed by atoms with Gasteiger partial charge in [0.15, 0.2) is 0 Å². The summed E-state index contributed by atoms with van der Waals surface area (Å²) >= 11 is 0. The van der Waals surface area contributed by atoms with E-state index < -0.39 is 5.97 Å². The summed E-state index contributed by atoms with van der Waals surface area (Å²) in [5, 5.41) is 9.88. The van der Waals surface area contributed by atoms with Crippen LogP contribution < -0.4 is 9.64 Å². The third kappa shape index (κ3) is 5.49. The number of carboxylic acid groups (broad SMARTS) is 1. The van der Waals surface area contributed by atoms with Gasteiger partial charge in [0.25, 0.3) is 0 Å². The molecule has 8 nitrogen and oxygen atoms in total. The molecular weight excluding hydrogens is 530 g/mol. The molecule has 7 rings (SSSR count). The van der Waals surface area contributed by atoms with E-state index in [0.29, 0.717) is 26.4 Å². The number of rotatable bonds is 2. The standard InChI is InChI=1S/C34H39N3O5/c1-22-8-9-27-25-6-5-7-26(19-25)29-21-37-32(35-29)24(3)23(2)28(20-31(38)39)33(37)36-12-10-34(4,11-13-36)42-17-15-40-14-16-41-30(27)18-22/h5-9,18-19,21H,10-17,20H2,1-4H3,(H,38,39). The monoisotopic (exact) mass is 569 g/mol. The van der Waals surface area contributed by atoms with Crippen molar-refractivity contribution in [2.24, 2.45) is 0 Å². The molecule has 2 aromatic carbocycles. The van der Waals surface area contributed by atoms with Crippen LogP contribution in [0.2, 0.25) is 0 Å². The number of ether oxygens (including phenoxy) is 3. The Hall–Kier alpha value is -3.88. The number of piperidine rings is 1. The normalized spacial score (nSPS) is 17.2. The van der Waals surface area contributed by atoms with Crippen LogP contribution in [-0.2, 0) is 20.7 Å². The summed E-state index contributed by atoms with van der Waals surface area (Å²) in [6, 6.07) is 14.6. The van der Waals surface area contributed by atoms with E-state index in [1.165, 1.54) is 0 Å². The first kappa shape index (κ1) is 28.2. The molecule has 3 aliphatic heterocycles. The van der Waals surface area contributed by atoms with Crippen molar-refractivity contribution in [2.75, 3.05) is 44.4 Å². The maximum atomic E-state index is 12.0. The smallest absolute Gasteiger partial charge is 0.307 e. The predicted octanol–water partition coefficient (Wildman–Crippen LogP) is 6.01. The Morgan fingerprint density at radius 2 is 1.74 bits per heavy atom. The SMILES string of the molecule is Cc1ccc2c(c1)OCCOCCOC1(C)CCN(CC1)c1c(CC(=O)O)c(C)c(C)c3nc(cn13)-c1cccc-2c1. The highest BCUT2D eigenvalue weighted by Gasteiger charge is 2.33. The number of hydrogen-bond donors (Lipinski definition) is 1. The average Bonchev–Trinajstić information content (AvgIpc) is 3.41. The van der Waals surface area contributed by atoms with Gasteiger partial charge in [-0.05, 0) is 74.9 Å². The van der Waals surface area contributed by atoms with Crippen LogP contribution in [0.1, 0.15) is 42.0 Å². The lowest BCUT2D eigenvalue weighted by Gasteiger charge is -2.41. The molecule has 5 heterocycles. The van der Waals surface area contributed by atoms with Gasteiger partial charge in [-0.3, -0.25) is 9.20 Å². The lowest BCUT2D eigenvalue weighted by atomic mass is 9.92. The summed E-state index contributed by atoms with van der Waals surface area (Å²) in [4.78, 5) is 19.5. The van der Waals surface area contributed by atoms with Gasteiger partial charge in [-0.15, -0.1) is 0 Å². The molecule has 0 amide bonds. The molecule has 1 fully saturated rings. The van der Waals surface area contributed by atoms with Gasteiger partial charge in [-0.2, -0.15) is 0 Å². The van der Waals surface area contributed by atoms with Gasteiger partial charge in [-0.25, -0.2) is 4.98 Å². The van der Waals surface area contributed by atoms with Gasteiger partial charge in [0.1, 0.15) is 23.8 Å². The molecular formula is C34H39N3O5. The van der Waals surface area contributed by atoms with Gasteiger partial charge in [0, 0.05) is 36.0 Å². The lowest BCUT2D eigenvalue weighted by Crippen LogP contribution is -2.45. The topological polar surface area (TPSA) is 85.5 Å². The number of nitrogens with zero attached hydrogens (tertiary/aromatic N) is 3. The molecule has 8 heteroatoms. The molecule has 0 spiro atoms. The van der Waals surface area contributed by atoms with E-state index in [0.717, 1.165) is 87.8 Å². The molecule has 0 radical (unpaired) electrons. The van der Waals surface area contributed by atoms with Crippen LogP contribution in [0.5, 0.6) is 5.75 Å². The largest absolute Gasteiger partial charge is 0.491 e. The number of aryl methyl sites for hydroxylation is 2. The number of benzene rings is 2. The van der Waals surface area contributed by atoms with Crippen molar-refractivity contribution >= 4 is 17.4 Å². The Bertz CT molecular complexity index is 1630. The Morgan fingerprint density at radius 3 is 2.52 bits per heavy atom. The van der Waals surface area contributed by atoms with E-state index in [4.69, 9.17) is 19.2 Å². The van der Waals surface area contributed by atoms with Crippen LogP contribution in [0.15, 0.2) is 48.7 Å². The molecule has 1 saturated heterocycles. The van der Waals surface area contributed by atoms with Crippen LogP contribution in [0.25, 0.3) is 28.0 Å². The Labute approximate surface area is 246 Å². The molecule has 1 N–H and O–H groups in total. The van der Waals surface area contributed by atoms with Gasteiger partial charge in [0.2, 0.25) is 0 Å². The van der Waals surface area contributed by atoms with E-state index in [-0.39, 0.29) is 12.0 Å². The van der Waals surface area contributed by atoms with Crippen molar-refractivity contribution < 1.29 is 24.1 Å². The first-order valence-electron chi connectivity index (χ1n) is 14.8. The minimum absolute atomic E-state index is 0.0429. The minimum atomic E-state index is -0.839. The quantitative estimate of drug-likeness (QED) is 0.296. The third-order valence-electron chi connectivity index (χ3n) is 8.77. The molecule has 6 bridgehead atoms. The summed E-state index contributed by atoms with van der Waals surface area (Å²) in [5.41, 5.74) is 8.41. The molecule has 42 heavy (non-hydrogen) atoms. The second-order valence-corrected chi connectivity index (χ2v) is 11.8. The molecule has 220 valence electrons. The molecule has 4 aromatic rings. The zero-order valence-corrected chi connectivity index (χ0v) is 24.9. The fourth-order valence-electron chi connectivity index (χ4n) is 6.19. The second-order valence-electron chi connectivity index (χ2n) is 11.8. The summed E-state index contributed by atoms with van der Waals surface area (Å²) in [7, 11) is 0. The number of aliphatic carboxylic acids is 1. The van der Waals surface area contributed by atoms with Gasteiger partial charge >= 0.3 is 5.97 Å². The number of aromatic nitrogens is 2. The number of carboxylic acids is 1. The van der Waals surface area contributed by atoms with Crippen molar-refractivity contribution in [3.63, 3.8) is 0 Å². The number of hydrogen-bond acceptors (Lipinski definition) is 6. The highest BCUT2D eigenvalue weighted by Crippen LogP contribution is 2.38. The Morgan fingerprint density at radius 1 is 0.976 bits per heavy atom. The van der Waals surface area contributed by atoms with Crippen LogP contribution in [0, 0.1) is 20.8 Å². The third-order valence-corrected chi connectivity index (χ3v) is 8.77. The lowest BCUT2D eigenvalue weighted by molar-refractivity contribution is -0.136. The van der Waals surface area contributed by atoms with Crippen LogP contribution >= 0.6 is 0 Å². The van der Waals surface area contributed by atoms with Crippen LogP contribution in [0.3, 0.4) is 0 Å². The van der Waals surface area contributed by atoms with Gasteiger partial charge in [-0.1, -0.05) is 30.3 Å². The van der Waals surface area contributed by atoms with Crippen molar-refractivity contribution in [1.29, 1.82) is 0 Å². The summed E-state index contributed by atoms with van der Waals surface area (Å²) in [6.07, 6.45) is 3.68. The number of anilines is 1. The maximum absolute atomic E-state index is 12.0. The first-order valence-corrected chi connectivity index (χ1v) is 14.8. The average molecular weight is 570 g/mol. The van der Waals surface area contributed by atoms with Crippen molar-refractivity contribution in [3.8, 4) is 28.1 Å². The van der Waals surface area contributed by atoms with Crippen molar-refractivity contribution in [2.45, 2.75) is 52.6 Å². The Balaban J connectivity index is 1.51. The second kappa shape index (κ2) is 11.4. The highest BCUT2D eigenvalue weighted by molar-refractivity contribution is 5.79. The summed E-state index contributed by atoms with van der Waals surface area (Å²) in [5.74, 6) is 0.898. The van der Waals surface area contributed by atoms with E-state index in [9.17, 15) is 9.90 Å².